The molecule has 1 N–H and O–H groups in total. The maximum absolute atomic E-state index is 13.0. The predicted octanol–water partition coefficient (Wildman–Crippen LogP) is 3.95. The lowest BCUT2D eigenvalue weighted by Crippen LogP contribution is -2.41. The fourth-order valence-corrected chi connectivity index (χ4v) is 5.55. The lowest BCUT2D eigenvalue weighted by Gasteiger charge is -2.36. The third-order valence-electron chi connectivity index (χ3n) is 7.56. The van der Waals surface area contributed by atoms with Crippen LogP contribution in [0.2, 0.25) is 0 Å². The number of Topliss-reactive ketones (excluding diaryl/α,β-unsaturated/α-hetero) is 1. The Kier molecular flexibility index (Phi) is 5.33. The Hall–Kier alpha value is -2.59. The van der Waals surface area contributed by atoms with Crippen LogP contribution in [0.1, 0.15) is 62.7 Å². The van der Waals surface area contributed by atoms with Crippen LogP contribution in [-0.4, -0.2) is 49.0 Å². The number of aromatic nitrogens is 5. The molecule has 0 bridgehead atoms. The van der Waals surface area contributed by atoms with Gasteiger partial charge in [-0.2, -0.15) is 10.1 Å². The van der Waals surface area contributed by atoms with E-state index < -0.39 is 5.41 Å². The van der Waals surface area contributed by atoms with Gasteiger partial charge in [0.15, 0.2) is 23.1 Å². The zero-order valence-corrected chi connectivity index (χ0v) is 20.4. The highest BCUT2D eigenvalue weighted by atomic mass is 79.9. The molecule has 2 saturated carbocycles. The maximum Gasteiger partial charge on any atom is 0.219 e. The van der Waals surface area contributed by atoms with Crippen molar-refractivity contribution < 1.29 is 19.2 Å². The number of carbonyl (C=O) groups excluding carboxylic acids is 1. The quantitative estimate of drug-likeness (QED) is 0.512. The van der Waals surface area contributed by atoms with E-state index in [0.29, 0.717) is 46.6 Å². The first-order valence-corrected chi connectivity index (χ1v) is 12.7. The van der Waals surface area contributed by atoms with Crippen LogP contribution in [0.4, 0.5) is 0 Å². The minimum absolute atomic E-state index is 0.0941. The van der Waals surface area contributed by atoms with Gasteiger partial charge in [-0.1, -0.05) is 11.6 Å². The van der Waals surface area contributed by atoms with Crippen molar-refractivity contribution in [1.29, 1.82) is 0 Å². The fourth-order valence-electron chi connectivity index (χ4n) is 5.26. The van der Waals surface area contributed by atoms with E-state index in [-0.39, 0.29) is 17.8 Å². The molecular formula is C24H26BrN5O4. The predicted molar refractivity (Wildman–Crippen MR) is 125 cm³/mol. The molecule has 0 aliphatic heterocycles. The van der Waals surface area contributed by atoms with Gasteiger partial charge in [-0.25, -0.2) is 9.67 Å². The van der Waals surface area contributed by atoms with Crippen LogP contribution in [0.15, 0.2) is 27.5 Å². The number of nitrogens with zero attached hydrogens (tertiary/aromatic N) is 5. The molecule has 0 aromatic carbocycles. The normalized spacial score (nSPS) is 23.2. The molecule has 1 atom stereocenters. The minimum Gasteiger partial charge on any atom is -0.477 e. The lowest BCUT2D eigenvalue weighted by atomic mass is 9.64. The number of ether oxygens (including phenoxy) is 1. The van der Waals surface area contributed by atoms with Gasteiger partial charge in [-0.3, -0.25) is 4.79 Å². The summed E-state index contributed by atoms with van der Waals surface area (Å²) in [5, 5.41) is 18.5. The summed E-state index contributed by atoms with van der Waals surface area (Å²) in [4.78, 5) is 22.4. The second-order valence-electron chi connectivity index (χ2n) is 9.82. The summed E-state index contributed by atoms with van der Waals surface area (Å²) in [6, 6.07) is 3.55. The molecule has 34 heavy (non-hydrogen) atoms. The molecular weight excluding hydrogens is 502 g/mol. The van der Waals surface area contributed by atoms with Crippen LogP contribution in [-0.2, 0) is 16.6 Å². The zero-order chi connectivity index (χ0) is 23.3. The number of aliphatic hydroxyl groups is 1. The second-order valence-corrected chi connectivity index (χ2v) is 10.6. The van der Waals surface area contributed by atoms with Crippen molar-refractivity contribution in [2.24, 2.45) is 5.41 Å². The van der Waals surface area contributed by atoms with E-state index in [1.54, 1.807) is 16.9 Å². The first kappa shape index (κ1) is 21.9. The van der Waals surface area contributed by atoms with E-state index in [4.69, 9.17) is 14.2 Å². The van der Waals surface area contributed by atoms with Crippen molar-refractivity contribution in [3.8, 4) is 23.2 Å². The summed E-state index contributed by atoms with van der Waals surface area (Å²) in [5.41, 5.74) is 0.759. The first-order chi connectivity index (χ1) is 16.5. The van der Waals surface area contributed by atoms with Crippen molar-refractivity contribution in [3.05, 3.63) is 34.3 Å². The average Bonchev–Trinajstić information content (AvgIpc) is 3.28. The van der Waals surface area contributed by atoms with Gasteiger partial charge in [0.05, 0.1) is 18.6 Å². The van der Waals surface area contributed by atoms with Crippen molar-refractivity contribution in [1.82, 2.24) is 24.9 Å². The molecule has 3 aromatic rings. The Bertz CT molecular complexity index is 1250. The second kappa shape index (κ2) is 8.27. The van der Waals surface area contributed by atoms with Crippen molar-refractivity contribution in [2.75, 3.05) is 13.2 Å². The van der Waals surface area contributed by atoms with Crippen molar-refractivity contribution in [3.63, 3.8) is 0 Å². The van der Waals surface area contributed by atoms with Crippen LogP contribution in [0.3, 0.4) is 0 Å². The number of hydrogen-bond acceptors (Lipinski definition) is 8. The Morgan fingerprint density at radius 1 is 1.15 bits per heavy atom. The van der Waals surface area contributed by atoms with Crippen LogP contribution in [0, 0.1) is 5.41 Å². The smallest absolute Gasteiger partial charge is 0.219 e. The number of fused-ring (bicyclic) bond motifs is 2. The molecule has 2 fully saturated rings. The summed E-state index contributed by atoms with van der Waals surface area (Å²) in [6.45, 7) is 0.480. The third-order valence-corrected chi connectivity index (χ3v) is 7.98. The van der Waals surface area contributed by atoms with Gasteiger partial charge in [0.1, 0.15) is 10.4 Å². The molecule has 3 aliphatic rings. The summed E-state index contributed by atoms with van der Waals surface area (Å²) in [5.74, 6) is 2.28. The first-order valence-electron chi connectivity index (χ1n) is 11.9. The number of carbonyl (C=O) groups is 1. The Labute approximate surface area is 205 Å². The summed E-state index contributed by atoms with van der Waals surface area (Å²) in [7, 11) is 0. The van der Waals surface area contributed by atoms with E-state index in [1.807, 2.05) is 6.07 Å². The van der Waals surface area contributed by atoms with Crippen molar-refractivity contribution >= 4 is 21.7 Å². The summed E-state index contributed by atoms with van der Waals surface area (Å²) < 4.78 is 14.2. The highest BCUT2D eigenvalue weighted by Gasteiger charge is 2.48. The molecule has 9 nitrogen and oxygen atoms in total. The molecule has 0 saturated heterocycles. The van der Waals surface area contributed by atoms with Crippen molar-refractivity contribution in [2.45, 2.75) is 63.2 Å². The van der Waals surface area contributed by atoms with Gasteiger partial charge >= 0.3 is 0 Å². The van der Waals surface area contributed by atoms with Gasteiger partial charge < -0.3 is 14.4 Å². The largest absolute Gasteiger partial charge is 0.477 e. The van der Waals surface area contributed by atoms with Crippen LogP contribution >= 0.6 is 15.9 Å². The summed E-state index contributed by atoms with van der Waals surface area (Å²) in [6.07, 6.45) is 9.53. The van der Waals surface area contributed by atoms with Crippen LogP contribution in [0.25, 0.3) is 17.3 Å². The van der Waals surface area contributed by atoms with Crippen LogP contribution < -0.4 is 4.74 Å². The Morgan fingerprint density at radius 2 is 2.00 bits per heavy atom. The fraction of sp³-hybridized carbons (Fsp3) is 0.542. The van der Waals surface area contributed by atoms with Crippen LogP contribution in [0.5, 0.6) is 5.88 Å². The highest BCUT2D eigenvalue weighted by Crippen LogP contribution is 2.48. The van der Waals surface area contributed by atoms with Gasteiger partial charge in [-0.05, 0) is 66.9 Å². The maximum atomic E-state index is 13.0. The molecule has 3 aliphatic carbocycles. The molecule has 0 radical (unpaired) electrons. The molecule has 0 unspecified atom stereocenters. The molecule has 3 aromatic heterocycles. The van der Waals surface area contributed by atoms with E-state index in [2.05, 4.69) is 31.2 Å². The van der Waals surface area contributed by atoms with Gasteiger partial charge in [0, 0.05) is 29.7 Å². The topological polar surface area (TPSA) is 116 Å². The number of hydrogen-bond donors (Lipinski definition) is 1. The highest BCUT2D eigenvalue weighted by molar-refractivity contribution is 9.10. The Morgan fingerprint density at radius 3 is 2.74 bits per heavy atom. The van der Waals surface area contributed by atoms with E-state index in [1.165, 1.54) is 0 Å². The average molecular weight is 528 g/mol. The lowest BCUT2D eigenvalue weighted by molar-refractivity contribution is -0.128. The number of halogens is 1. The zero-order valence-electron chi connectivity index (χ0n) is 18.8. The van der Waals surface area contributed by atoms with E-state index in [9.17, 15) is 9.90 Å². The SMILES string of the molecule is O=C1CCCC[C@@]12CCCc1c(-c3nc(OCC4(CO)CC4)cc(-n4ccc(Br)n4)n3)noc12. The van der Waals surface area contributed by atoms with E-state index in [0.717, 1.165) is 56.9 Å². The Balaban J connectivity index is 1.41. The molecule has 6 rings (SSSR count). The number of ketones is 1. The molecule has 10 heteroatoms. The molecule has 0 amide bonds. The molecule has 178 valence electrons. The monoisotopic (exact) mass is 527 g/mol. The van der Waals surface area contributed by atoms with Gasteiger partial charge in [0.2, 0.25) is 5.88 Å². The standard InChI is InChI=1S/C24H26BrN5O4/c25-17-6-11-30(28-17)18-12-19(33-14-23(13-31)9-10-23)27-22(26-18)20-15-4-3-8-24(21(15)34-29-20)7-2-1-5-16(24)32/h6,11-12,31H,1-5,7-10,13-14H2/t24-/m1/s1. The van der Waals surface area contributed by atoms with Gasteiger partial charge in [-0.15, -0.1) is 0 Å². The molecule has 1 spiro atoms. The molecule has 3 heterocycles. The number of rotatable bonds is 6. The number of aliphatic hydroxyl groups excluding tert-OH is 1. The van der Waals surface area contributed by atoms with Gasteiger partial charge in [0.25, 0.3) is 0 Å². The van der Waals surface area contributed by atoms with E-state index >= 15 is 0 Å². The summed E-state index contributed by atoms with van der Waals surface area (Å²) >= 11 is 3.38. The third kappa shape index (κ3) is 3.67. The minimum atomic E-state index is -0.555.